The maximum absolute atomic E-state index is 13.5. The highest BCUT2D eigenvalue weighted by molar-refractivity contribution is 7.90. The maximum Gasteiger partial charge on any atom is 0.421 e. The molecule has 2 unspecified atom stereocenters. The molecule has 0 aliphatic carbocycles. The highest BCUT2D eigenvalue weighted by atomic mass is 32.2. The van der Waals surface area contributed by atoms with E-state index in [0.717, 1.165) is 12.1 Å². The van der Waals surface area contributed by atoms with Gasteiger partial charge < -0.3 is 15.3 Å². The molecule has 2 aliphatic rings. The van der Waals surface area contributed by atoms with Gasteiger partial charge in [-0.3, -0.25) is 4.90 Å². The predicted octanol–water partition coefficient (Wildman–Crippen LogP) is 3.46. The first-order chi connectivity index (χ1) is 18.5. The zero-order chi connectivity index (χ0) is 29.5. The van der Waals surface area contributed by atoms with Crippen LogP contribution in [-0.2, 0) is 15.6 Å². The van der Waals surface area contributed by atoms with E-state index in [1.165, 1.54) is 22.5 Å². The van der Waals surface area contributed by atoms with Crippen molar-refractivity contribution >= 4 is 28.3 Å². The van der Waals surface area contributed by atoms with E-state index in [1.54, 1.807) is 28.0 Å². The van der Waals surface area contributed by atoms with Crippen LogP contribution in [0, 0.1) is 0 Å². The van der Waals surface area contributed by atoms with E-state index in [0.29, 0.717) is 19.2 Å². The van der Waals surface area contributed by atoms with Crippen molar-refractivity contribution in [1.29, 1.82) is 0 Å². The first-order valence-corrected chi connectivity index (χ1v) is 14.4. The summed E-state index contributed by atoms with van der Waals surface area (Å²) in [6.45, 7) is 0.919. The quantitative estimate of drug-likeness (QED) is 0.343. The Balaban J connectivity index is 1.62. The fraction of sp³-hybridized carbons (Fsp3) is 0.520. The Bertz CT molecular complexity index is 1290. The normalized spacial score (nSPS) is 23.7. The lowest BCUT2D eigenvalue weighted by atomic mass is 9.95. The number of halogens is 6. The van der Waals surface area contributed by atoms with Crippen LogP contribution >= 0.6 is 12.6 Å². The van der Waals surface area contributed by atoms with Gasteiger partial charge in [0.1, 0.15) is 6.04 Å². The van der Waals surface area contributed by atoms with E-state index in [4.69, 9.17) is 0 Å². The van der Waals surface area contributed by atoms with Gasteiger partial charge in [0.05, 0.1) is 10.9 Å². The number of hydrogen-bond acceptors (Lipinski definition) is 7. The molecule has 7 nitrogen and oxygen atoms in total. The number of alkyl halides is 6. The van der Waals surface area contributed by atoms with Gasteiger partial charge in [0.2, 0.25) is 10.0 Å². The van der Waals surface area contributed by atoms with Gasteiger partial charge in [-0.05, 0) is 36.8 Å². The van der Waals surface area contributed by atoms with E-state index in [-0.39, 0.29) is 54.6 Å². The van der Waals surface area contributed by atoms with Crippen LogP contribution in [0.3, 0.4) is 0 Å². The summed E-state index contributed by atoms with van der Waals surface area (Å²) in [5.74, 6) is 0. The second-order valence-corrected chi connectivity index (χ2v) is 12.5. The van der Waals surface area contributed by atoms with Crippen molar-refractivity contribution in [3.05, 3.63) is 54.1 Å². The zero-order valence-corrected chi connectivity index (χ0v) is 23.2. The number of nitrogens with zero attached hydrogens (tertiary/aromatic N) is 3. The van der Waals surface area contributed by atoms with E-state index < -0.39 is 40.1 Å². The summed E-state index contributed by atoms with van der Waals surface area (Å²) >= 11 is 4.27. The molecule has 0 bridgehead atoms. The van der Waals surface area contributed by atoms with Gasteiger partial charge in [-0.25, -0.2) is 8.42 Å². The number of rotatable bonds is 6. The van der Waals surface area contributed by atoms with Crippen molar-refractivity contribution in [2.45, 2.75) is 46.8 Å². The Labute approximate surface area is 234 Å². The lowest BCUT2D eigenvalue weighted by Crippen LogP contribution is -2.62. The number of hydrogen-bond donors (Lipinski definition) is 3. The van der Waals surface area contributed by atoms with Crippen LogP contribution < -0.4 is 10.2 Å². The van der Waals surface area contributed by atoms with Crippen molar-refractivity contribution in [3.63, 3.8) is 0 Å². The summed E-state index contributed by atoms with van der Waals surface area (Å²) in [5.41, 5.74) is -2.99. The third-order valence-electron chi connectivity index (χ3n) is 7.37. The molecular weight excluding hydrogens is 582 g/mol. The van der Waals surface area contributed by atoms with Gasteiger partial charge >= 0.3 is 12.4 Å². The summed E-state index contributed by atoms with van der Waals surface area (Å²) in [5, 5.41) is 12.5. The number of sulfonamides is 1. The van der Waals surface area contributed by atoms with Crippen LogP contribution in [-0.4, -0.2) is 93.0 Å². The molecule has 0 spiro atoms. The predicted molar refractivity (Wildman–Crippen MR) is 140 cm³/mol. The zero-order valence-electron chi connectivity index (χ0n) is 21.5. The molecule has 222 valence electrons. The van der Waals surface area contributed by atoms with E-state index in [1.807, 2.05) is 0 Å². The molecular formula is C25H30F6N4O3S2. The molecule has 0 aromatic heterocycles. The minimum Gasteiger partial charge on any atom is -0.376 e. The lowest BCUT2D eigenvalue weighted by molar-refractivity contribution is -0.258. The van der Waals surface area contributed by atoms with Crippen molar-refractivity contribution in [2.24, 2.45) is 0 Å². The molecule has 40 heavy (non-hydrogen) atoms. The topological polar surface area (TPSA) is 76.1 Å². The second kappa shape index (κ2) is 11.3. The SMILES string of the molecule is CC(O)(c1ccc(N2CCN(S(=O)(=O)c3ccccc3S)C[C@@H]2CN2CCNC(C(F)(F)F)C2)cc1)C(F)(F)F. The molecule has 2 saturated heterocycles. The van der Waals surface area contributed by atoms with Gasteiger partial charge in [-0.2, -0.15) is 30.6 Å². The molecule has 2 aromatic rings. The van der Waals surface area contributed by atoms with Crippen LogP contribution in [0.25, 0.3) is 0 Å². The summed E-state index contributed by atoms with van der Waals surface area (Å²) in [7, 11) is -3.99. The molecule has 2 aromatic carbocycles. The average molecular weight is 613 g/mol. The van der Waals surface area contributed by atoms with Crippen LogP contribution in [0.4, 0.5) is 32.0 Å². The van der Waals surface area contributed by atoms with Crippen LogP contribution in [0.5, 0.6) is 0 Å². The first kappa shape index (κ1) is 30.9. The molecule has 15 heteroatoms. The van der Waals surface area contributed by atoms with E-state index in [9.17, 15) is 39.9 Å². The number of nitrogens with one attached hydrogen (secondary N) is 1. The molecule has 2 fully saturated rings. The molecule has 0 amide bonds. The van der Waals surface area contributed by atoms with Crippen LogP contribution in [0.2, 0.25) is 0 Å². The molecule has 2 heterocycles. The standard InChI is InChI=1S/C25H30F6N4O3S2/c1-23(36,25(29,30)31)17-6-8-18(9-7-17)35-13-12-34(40(37,38)21-5-3-2-4-20(21)39)15-19(35)14-33-11-10-32-22(16-33)24(26,27)28/h2-9,19,22,32,36,39H,10-16H2,1H3/t19-,22?,23?/m0/s1. The Morgan fingerprint density at radius 3 is 2.23 bits per heavy atom. The first-order valence-electron chi connectivity index (χ1n) is 12.5. The highest BCUT2D eigenvalue weighted by Gasteiger charge is 2.51. The third kappa shape index (κ3) is 6.39. The minimum absolute atomic E-state index is 0.00331. The molecule has 4 rings (SSSR count). The molecule has 3 atom stereocenters. The van der Waals surface area contributed by atoms with Gasteiger partial charge in [-0.15, -0.1) is 12.6 Å². The largest absolute Gasteiger partial charge is 0.421 e. The molecule has 2 N–H and O–H groups in total. The number of aliphatic hydroxyl groups is 1. The van der Waals surface area contributed by atoms with Gasteiger partial charge in [0, 0.05) is 56.4 Å². The summed E-state index contributed by atoms with van der Waals surface area (Å²) in [6.07, 6.45) is -9.36. The van der Waals surface area contributed by atoms with Crippen molar-refractivity contribution < 1.29 is 39.9 Å². The summed E-state index contributed by atoms with van der Waals surface area (Å²) in [6, 6.07) is 8.90. The van der Waals surface area contributed by atoms with E-state index >= 15 is 0 Å². The molecule has 0 radical (unpaired) electrons. The molecule has 0 saturated carbocycles. The fourth-order valence-electron chi connectivity index (χ4n) is 4.99. The summed E-state index contributed by atoms with van der Waals surface area (Å²) < 4.78 is 108. The maximum atomic E-state index is 13.5. The third-order valence-corrected chi connectivity index (χ3v) is 9.83. The molecule has 2 aliphatic heterocycles. The van der Waals surface area contributed by atoms with Crippen molar-refractivity contribution in [3.8, 4) is 0 Å². The van der Waals surface area contributed by atoms with Crippen LogP contribution in [0.1, 0.15) is 12.5 Å². The van der Waals surface area contributed by atoms with Crippen molar-refractivity contribution in [2.75, 3.05) is 50.7 Å². The minimum atomic E-state index is -4.91. The summed E-state index contributed by atoms with van der Waals surface area (Å²) in [4.78, 5) is 3.65. The van der Waals surface area contributed by atoms with E-state index in [2.05, 4.69) is 17.9 Å². The highest BCUT2D eigenvalue weighted by Crippen LogP contribution is 2.39. The Morgan fingerprint density at radius 2 is 1.62 bits per heavy atom. The number of thiol groups is 1. The Kier molecular flexibility index (Phi) is 8.75. The van der Waals surface area contributed by atoms with Gasteiger partial charge in [0.15, 0.2) is 5.60 Å². The van der Waals surface area contributed by atoms with Gasteiger partial charge in [-0.1, -0.05) is 24.3 Å². The monoisotopic (exact) mass is 612 g/mol. The van der Waals surface area contributed by atoms with Gasteiger partial charge in [0.25, 0.3) is 0 Å². The average Bonchev–Trinajstić information content (AvgIpc) is 2.88. The lowest BCUT2D eigenvalue weighted by Gasteiger charge is -2.45. The number of benzene rings is 2. The smallest absolute Gasteiger partial charge is 0.376 e. The Hall–Kier alpha value is -2.04. The van der Waals surface area contributed by atoms with Crippen molar-refractivity contribution in [1.82, 2.24) is 14.5 Å². The number of anilines is 1. The Morgan fingerprint density at radius 1 is 0.975 bits per heavy atom. The second-order valence-electron chi connectivity index (χ2n) is 10.1. The fourth-order valence-corrected chi connectivity index (χ4v) is 7.05. The van der Waals surface area contributed by atoms with Crippen LogP contribution in [0.15, 0.2) is 58.3 Å². The number of piperazine rings is 2.